The lowest BCUT2D eigenvalue weighted by atomic mass is 10.1. The maximum absolute atomic E-state index is 12.7. The van der Waals surface area contributed by atoms with Gasteiger partial charge in [-0.1, -0.05) is 18.2 Å². The monoisotopic (exact) mass is 391 g/mol. The van der Waals surface area contributed by atoms with Crippen LogP contribution in [0, 0.1) is 24.0 Å². The van der Waals surface area contributed by atoms with Gasteiger partial charge in [-0.05, 0) is 44.0 Å². The summed E-state index contributed by atoms with van der Waals surface area (Å²) in [6.45, 7) is 5.14. The van der Waals surface area contributed by atoms with E-state index in [1.807, 2.05) is 26.0 Å². The zero-order valence-corrected chi connectivity index (χ0v) is 16.3. The number of anilines is 2. The quantitative estimate of drug-likeness (QED) is 0.601. The van der Waals surface area contributed by atoms with Crippen LogP contribution in [-0.2, 0) is 14.8 Å². The highest BCUT2D eigenvalue weighted by Crippen LogP contribution is 2.26. The fraction of sp³-hybridized carbons (Fsp3) is 0.278. The minimum Gasteiger partial charge on any atom is -0.324 e. The summed E-state index contributed by atoms with van der Waals surface area (Å²) in [7, 11) is -3.87. The van der Waals surface area contributed by atoms with Crippen molar-refractivity contribution in [3.8, 4) is 0 Å². The van der Waals surface area contributed by atoms with Crippen molar-refractivity contribution in [3.05, 3.63) is 63.7 Å². The Morgan fingerprint density at radius 3 is 2.44 bits per heavy atom. The Balaban J connectivity index is 2.39. The smallest absolute Gasteiger partial charge is 0.271 e. The standard InChI is InChI=1S/C18H21N3O5S/c1-12-8-9-13(2)17(10-12)19-18(22)14(3)20(27(4,25)26)15-6-5-7-16(11-15)21(23)24/h5-11,14H,1-4H3,(H,19,22). The second-order valence-electron chi connectivity index (χ2n) is 6.32. The molecule has 0 spiro atoms. The van der Waals surface area contributed by atoms with E-state index in [0.717, 1.165) is 27.8 Å². The van der Waals surface area contributed by atoms with Crippen LogP contribution in [0.3, 0.4) is 0 Å². The van der Waals surface area contributed by atoms with Crippen LogP contribution in [0.25, 0.3) is 0 Å². The number of rotatable bonds is 6. The highest BCUT2D eigenvalue weighted by Gasteiger charge is 2.30. The van der Waals surface area contributed by atoms with E-state index < -0.39 is 26.9 Å². The molecule has 0 fully saturated rings. The number of nitro groups is 1. The van der Waals surface area contributed by atoms with Gasteiger partial charge in [-0.2, -0.15) is 0 Å². The number of aryl methyl sites for hydroxylation is 2. The second kappa shape index (κ2) is 7.75. The average molecular weight is 391 g/mol. The fourth-order valence-corrected chi connectivity index (χ4v) is 3.83. The number of nitrogens with one attached hydrogen (secondary N) is 1. The van der Waals surface area contributed by atoms with Crippen molar-refractivity contribution in [2.45, 2.75) is 26.8 Å². The molecular formula is C18H21N3O5S. The summed E-state index contributed by atoms with van der Waals surface area (Å²) in [5.41, 5.74) is 2.16. The molecule has 1 unspecified atom stereocenters. The van der Waals surface area contributed by atoms with Crippen LogP contribution < -0.4 is 9.62 Å². The number of carbonyl (C=O) groups excluding carboxylic acids is 1. The number of benzene rings is 2. The first-order chi connectivity index (χ1) is 12.5. The van der Waals surface area contributed by atoms with E-state index >= 15 is 0 Å². The SMILES string of the molecule is Cc1ccc(C)c(NC(=O)C(C)N(c2cccc([N+](=O)[O-])c2)S(C)(=O)=O)c1. The van der Waals surface area contributed by atoms with Gasteiger partial charge in [0.1, 0.15) is 6.04 Å². The summed E-state index contributed by atoms with van der Waals surface area (Å²) in [6, 6.07) is 9.61. The Hall–Kier alpha value is -2.94. The van der Waals surface area contributed by atoms with Gasteiger partial charge in [0, 0.05) is 17.8 Å². The number of hydrogen-bond donors (Lipinski definition) is 1. The Kier molecular flexibility index (Phi) is 5.85. The first kappa shape index (κ1) is 20.4. The Labute approximate surface area is 158 Å². The molecule has 0 radical (unpaired) electrons. The van der Waals surface area contributed by atoms with Crippen LogP contribution in [0.5, 0.6) is 0 Å². The fourth-order valence-electron chi connectivity index (χ4n) is 2.66. The van der Waals surface area contributed by atoms with Crippen molar-refractivity contribution >= 4 is 33.0 Å². The van der Waals surface area contributed by atoms with Gasteiger partial charge in [-0.3, -0.25) is 19.2 Å². The van der Waals surface area contributed by atoms with E-state index in [9.17, 15) is 23.3 Å². The third-order valence-corrected chi connectivity index (χ3v) is 5.28. The topological polar surface area (TPSA) is 110 Å². The molecular weight excluding hydrogens is 370 g/mol. The molecule has 27 heavy (non-hydrogen) atoms. The molecule has 0 bridgehead atoms. The molecule has 2 aromatic rings. The first-order valence-electron chi connectivity index (χ1n) is 8.12. The molecule has 1 atom stereocenters. The number of nitro benzene ring substituents is 1. The molecule has 2 aromatic carbocycles. The van der Waals surface area contributed by atoms with Gasteiger partial charge in [0.05, 0.1) is 16.9 Å². The van der Waals surface area contributed by atoms with Gasteiger partial charge in [-0.25, -0.2) is 8.42 Å². The molecule has 1 amide bonds. The first-order valence-corrected chi connectivity index (χ1v) is 9.97. The molecule has 0 saturated heterocycles. The highest BCUT2D eigenvalue weighted by atomic mass is 32.2. The van der Waals surface area contributed by atoms with Crippen LogP contribution in [-0.4, -0.2) is 31.5 Å². The molecule has 0 aliphatic rings. The maximum Gasteiger partial charge on any atom is 0.271 e. The summed E-state index contributed by atoms with van der Waals surface area (Å²) in [4.78, 5) is 23.1. The third-order valence-electron chi connectivity index (χ3n) is 4.03. The van der Waals surface area contributed by atoms with E-state index in [-0.39, 0.29) is 11.4 Å². The maximum atomic E-state index is 12.7. The summed E-state index contributed by atoms with van der Waals surface area (Å²) in [6.07, 6.45) is 0.952. The Morgan fingerprint density at radius 2 is 1.85 bits per heavy atom. The van der Waals surface area contributed by atoms with Crippen LogP contribution >= 0.6 is 0 Å². The summed E-state index contributed by atoms with van der Waals surface area (Å²) in [5.74, 6) is -0.541. The van der Waals surface area contributed by atoms with Gasteiger partial charge in [0.25, 0.3) is 5.69 Å². The van der Waals surface area contributed by atoms with Crippen molar-refractivity contribution in [1.82, 2.24) is 0 Å². The molecule has 0 aliphatic carbocycles. The average Bonchev–Trinajstić information content (AvgIpc) is 2.57. The number of amides is 1. The Bertz CT molecular complexity index is 988. The molecule has 8 nitrogen and oxygen atoms in total. The lowest BCUT2D eigenvalue weighted by Gasteiger charge is -2.28. The number of nitrogens with zero attached hydrogens (tertiary/aromatic N) is 2. The summed E-state index contributed by atoms with van der Waals surface area (Å²) < 4.78 is 25.5. The van der Waals surface area contributed by atoms with Crippen molar-refractivity contribution < 1.29 is 18.1 Å². The van der Waals surface area contributed by atoms with Crippen molar-refractivity contribution in [1.29, 1.82) is 0 Å². The van der Waals surface area contributed by atoms with E-state index in [2.05, 4.69) is 5.32 Å². The predicted molar refractivity (Wildman–Crippen MR) is 104 cm³/mol. The molecule has 0 aliphatic heterocycles. The molecule has 0 aromatic heterocycles. The van der Waals surface area contributed by atoms with Gasteiger partial charge in [0.15, 0.2) is 0 Å². The van der Waals surface area contributed by atoms with Crippen LogP contribution in [0.1, 0.15) is 18.1 Å². The zero-order chi connectivity index (χ0) is 20.4. The van der Waals surface area contributed by atoms with Crippen molar-refractivity contribution in [2.24, 2.45) is 0 Å². The normalized spacial score (nSPS) is 12.3. The van der Waals surface area contributed by atoms with Crippen molar-refractivity contribution in [2.75, 3.05) is 15.9 Å². The molecule has 0 heterocycles. The van der Waals surface area contributed by atoms with E-state index in [0.29, 0.717) is 5.69 Å². The number of sulfonamides is 1. The van der Waals surface area contributed by atoms with Gasteiger partial charge in [-0.15, -0.1) is 0 Å². The van der Waals surface area contributed by atoms with Gasteiger partial charge >= 0.3 is 0 Å². The third kappa shape index (κ3) is 4.82. The second-order valence-corrected chi connectivity index (χ2v) is 8.18. The molecule has 144 valence electrons. The highest BCUT2D eigenvalue weighted by molar-refractivity contribution is 7.92. The lowest BCUT2D eigenvalue weighted by Crippen LogP contribution is -2.45. The van der Waals surface area contributed by atoms with E-state index in [4.69, 9.17) is 0 Å². The zero-order valence-electron chi connectivity index (χ0n) is 15.5. The van der Waals surface area contributed by atoms with E-state index in [1.165, 1.54) is 25.1 Å². The van der Waals surface area contributed by atoms with E-state index in [1.54, 1.807) is 6.07 Å². The summed E-state index contributed by atoms with van der Waals surface area (Å²) in [5, 5.41) is 13.7. The van der Waals surface area contributed by atoms with Gasteiger partial charge in [0.2, 0.25) is 15.9 Å². The minimum absolute atomic E-state index is 0.0512. The van der Waals surface area contributed by atoms with Crippen LogP contribution in [0.15, 0.2) is 42.5 Å². The number of hydrogen-bond acceptors (Lipinski definition) is 5. The predicted octanol–water partition coefficient (Wildman–Crippen LogP) is 3.00. The molecule has 1 N–H and O–H groups in total. The lowest BCUT2D eigenvalue weighted by molar-refractivity contribution is -0.384. The largest absolute Gasteiger partial charge is 0.324 e. The number of non-ortho nitro benzene ring substituents is 1. The molecule has 2 rings (SSSR count). The summed E-state index contributed by atoms with van der Waals surface area (Å²) >= 11 is 0. The minimum atomic E-state index is -3.87. The number of carbonyl (C=O) groups is 1. The molecule has 0 saturated carbocycles. The van der Waals surface area contributed by atoms with Gasteiger partial charge < -0.3 is 5.32 Å². The van der Waals surface area contributed by atoms with Crippen LogP contribution in [0.4, 0.5) is 17.1 Å². The Morgan fingerprint density at radius 1 is 1.19 bits per heavy atom. The van der Waals surface area contributed by atoms with Crippen LogP contribution in [0.2, 0.25) is 0 Å². The van der Waals surface area contributed by atoms with Crippen molar-refractivity contribution in [3.63, 3.8) is 0 Å². The molecule has 9 heteroatoms.